The number of nitrogens with zero attached hydrogens (tertiary/aromatic N) is 8. The lowest BCUT2D eigenvalue weighted by molar-refractivity contribution is -0.119. The molecule has 9 rings (SSSR count). The molecule has 0 aliphatic carbocycles. The van der Waals surface area contributed by atoms with Crippen LogP contribution in [0.5, 0.6) is 0 Å². The first-order valence-electron chi connectivity index (χ1n) is 23.2. The minimum Gasteiger partial charge on any atom is -0.415 e. The molecule has 3 fully saturated rings. The molecule has 3 amide bonds. The monoisotopic (exact) mass is 1000 g/mol. The van der Waals surface area contributed by atoms with E-state index in [1.165, 1.54) is 6.20 Å². The molecule has 6 aliphatic heterocycles. The Kier molecular flexibility index (Phi) is 17.3. The fraction of sp³-hybridized carbons (Fsp3) is 0.609. The molecule has 3 aromatic heterocycles. The van der Waals surface area contributed by atoms with Crippen LogP contribution in [0.1, 0.15) is 59.3 Å². The van der Waals surface area contributed by atoms with E-state index < -0.39 is 8.32 Å². The summed E-state index contributed by atoms with van der Waals surface area (Å²) in [7, 11) is -1.87. The number of hydrogen-bond donors (Lipinski definition) is 2. The summed E-state index contributed by atoms with van der Waals surface area (Å²) >= 11 is 18.4. The van der Waals surface area contributed by atoms with Crippen molar-refractivity contribution >= 4 is 95.4 Å². The number of β-amino-alcohol motifs (C(OH)–C–C–N with tert-alkyl or cyclic N) is 1. The number of amides is 3. The molecule has 0 bridgehead atoms. The number of fused-ring (bicyclic) bond motifs is 9. The Morgan fingerprint density at radius 3 is 1.58 bits per heavy atom. The van der Waals surface area contributed by atoms with E-state index in [1.807, 2.05) is 18.2 Å². The topological polar surface area (TPSA) is 175 Å². The Morgan fingerprint density at radius 2 is 1.10 bits per heavy atom. The maximum absolute atomic E-state index is 13.1. The molecule has 0 saturated carbocycles. The Balaban J connectivity index is 0.000000153. The number of halogens is 3. The second-order valence-corrected chi connectivity index (χ2v) is 25.0. The predicted molar refractivity (Wildman–Crippen MR) is 265 cm³/mol. The molecule has 3 saturated heterocycles. The number of hydrogen-bond acceptors (Lipinski definition) is 14. The van der Waals surface area contributed by atoms with E-state index in [0.29, 0.717) is 111 Å². The Hall–Kier alpha value is -3.85. The summed E-state index contributed by atoms with van der Waals surface area (Å²) < 4.78 is 23.0. The maximum Gasteiger partial charge on any atom is 0.230 e. The number of rotatable bonds is 6. The van der Waals surface area contributed by atoms with Gasteiger partial charge >= 0.3 is 0 Å². The van der Waals surface area contributed by atoms with Crippen molar-refractivity contribution in [1.82, 2.24) is 15.0 Å². The van der Waals surface area contributed by atoms with Gasteiger partial charge in [0, 0.05) is 102 Å². The molecule has 21 heteroatoms. The number of aliphatic hydroxyl groups excluding tert-OH is 1. The van der Waals surface area contributed by atoms with Gasteiger partial charge in [-0.3, -0.25) is 24.2 Å². The summed E-state index contributed by atoms with van der Waals surface area (Å²) in [5.74, 6) is 1.91. The first-order valence-corrected chi connectivity index (χ1v) is 27.2. The molecule has 3 atom stereocenters. The van der Waals surface area contributed by atoms with Crippen molar-refractivity contribution < 1.29 is 38.1 Å². The van der Waals surface area contributed by atoms with Gasteiger partial charge in [-0.1, -0.05) is 55.6 Å². The van der Waals surface area contributed by atoms with Crippen LogP contribution in [0, 0.1) is 0 Å². The lowest BCUT2D eigenvalue weighted by atomic mass is 10.1. The average molecular weight is 1010 g/mol. The van der Waals surface area contributed by atoms with Crippen molar-refractivity contribution in [3.8, 4) is 0 Å². The largest absolute Gasteiger partial charge is 0.415 e. The van der Waals surface area contributed by atoms with Crippen molar-refractivity contribution in [2.45, 2.75) is 95.6 Å². The van der Waals surface area contributed by atoms with Gasteiger partial charge in [0.05, 0.1) is 71.7 Å². The molecular formula is C46H64Cl3N9O8Si. The van der Waals surface area contributed by atoms with E-state index in [4.69, 9.17) is 53.4 Å². The third kappa shape index (κ3) is 12.5. The van der Waals surface area contributed by atoms with Crippen molar-refractivity contribution in [2.24, 2.45) is 0 Å². The minimum absolute atomic E-state index is 0.000437. The van der Waals surface area contributed by atoms with Crippen LogP contribution >= 0.6 is 34.8 Å². The maximum atomic E-state index is 13.1. The summed E-state index contributed by atoms with van der Waals surface area (Å²) in [5.41, 5.74) is 2.65. The number of carbonyl (C=O) groups is 3. The van der Waals surface area contributed by atoms with E-state index in [0.717, 1.165) is 49.4 Å². The zero-order valence-corrected chi connectivity index (χ0v) is 42.4. The van der Waals surface area contributed by atoms with Crippen molar-refractivity contribution in [3.05, 3.63) is 51.9 Å². The third-order valence-corrected chi connectivity index (χ3v) is 18.6. The van der Waals surface area contributed by atoms with E-state index in [9.17, 15) is 19.5 Å². The van der Waals surface area contributed by atoms with Crippen LogP contribution < -0.4 is 29.8 Å². The van der Waals surface area contributed by atoms with Gasteiger partial charge in [-0.05, 0) is 55.6 Å². The number of nitrogens with one attached hydrogen (secondary N) is 1. The second-order valence-electron chi connectivity index (χ2n) is 18.8. The van der Waals surface area contributed by atoms with E-state index in [1.54, 1.807) is 22.2 Å². The van der Waals surface area contributed by atoms with Gasteiger partial charge in [0.25, 0.3) is 0 Å². The molecule has 0 spiro atoms. The molecule has 9 heterocycles. The molecule has 3 unspecified atom stereocenters. The number of ether oxygens (including phenoxy) is 3. The SMILES string of the molecule is CC(C)(C)[Si](C)(C)OCCN1C(=O)CC2CCOCCN2c2cc(Cl)cnc21.O=C1CC2CCOCCN2c2cc(Cl)cnc2N1.O=C1CC2CCOCCN2c2cc(Cl)cnc2N1CCO. The summed E-state index contributed by atoms with van der Waals surface area (Å²) in [6.07, 6.45) is 8.49. The molecule has 0 aromatic carbocycles. The normalized spacial score (nSPS) is 22.1. The van der Waals surface area contributed by atoms with Gasteiger partial charge in [-0.25, -0.2) is 15.0 Å². The number of aromatic nitrogens is 3. The zero-order valence-electron chi connectivity index (χ0n) is 39.1. The van der Waals surface area contributed by atoms with Crippen LogP contribution in [0.4, 0.5) is 34.5 Å². The highest BCUT2D eigenvalue weighted by atomic mass is 35.5. The van der Waals surface area contributed by atoms with Gasteiger partial charge in [-0.2, -0.15) is 0 Å². The predicted octanol–water partition coefficient (Wildman–Crippen LogP) is 6.82. The van der Waals surface area contributed by atoms with E-state index >= 15 is 0 Å². The first kappa shape index (κ1) is 51.0. The number of anilines is 6. The average Bonchev–Trinajstić information content (AvgIpc) is 3.85. The highest BCUT2D eigenvalue weighted by Crippen LogP contribution is 2.40. The van der Waals surface area contributed by atoms with E-state index in [-0.39, 0.29) is 54.0 Å². The molecule has 2 N–H and O–H groups in total. The highest BCUT2D eigenvalue weighted by molar-refractivity contribution is 6.74. The standard InChI is InChI=1S/C20H32ClN3O3Si.C14H18ClN3O3.C12H14ClN3O2/c1-20(2,3)28(4,5)27-11-8-24-18(25)13-16-6-9-26-10-7-23(16)17-12-15(21)14-22-19(17)24;15-10-7-12-14(16-9-10)18(2-4-19)13(20)8-11-1-5-21-6-3-17(11)12;13-8-5-10-12(14-7-8)15-11(17)6-9-1-3-18-4-2-16(9)10/h12,14,16H,6-11,13H2,1-5H3;7,9,11,19H,1-6,8H2;5,7,9H,1-4,6H2,(H,14,15,17). The van der Waals surface area contributed by atoms with E-state index in [2.05, 4.69) is 68.8 Å². The smallest absolute Gasteiger partial charge is 0.230 e. The van der Waals surface area contributed by atoms with Crippen LogP contribution in [-0.2, 0) is 33.0 Å². The van der Waals surface area contributed by atoms with Gasteiger partial charge in [0.15, 0.2) is 25.8 Å². The second kappa shape index (κ2) is 22.7. The van der Waals surface area contributed by atoms with Gasteiger partial charge < -0.3 is 43.8 Å². The minimum atomic E-state index is -1.87. The van der Waals surface area contributed by atoms with Crippen LogP contribution in [-0.4, -0.2) is 150 Å². The Morgan fingerprint density at radius 1 is 0.672 bits per heavy atom. The molecule has 366 valence electrons. The van der Waals surface area contributed by atoms with Crippen LogP contribution in [0.2, 0.25) is 33.2 Å². The number of carbonyl (C=O) groups excluding carboxylic acids is 3. The summed E-state index contributed by atoms with van der Waals surface area (Å²) in [5, 5.41) is 13.9. The lowest BCUT2D eigenvalue weighted by Gasteiger charge is -2.36. The Bertz CT molecular complexity index is 2220. The summed E-state index contributed by atoms with van der Waals surface area (Å²) in [6.45, 7) is 18.4. The van der Waals surface area contributed by atoms with Crippen molar-refractivity contribution in [1.29, 1.82) is 0 Å². The third-order valence-electron chi connectivity index (χ3n) is 13.4. The summed E-state index contributed by atoms with van der Waals surface area (Å²) in [6, 6.07) is 5.97. The summed E-state index contributed by atoms with van der Waals surface area (Å²) in [4.78, 5) is 60.5. The first-order chi connectivity index (χ1) is 32.0. The zero-order chi connectivity index (χ0) is 47.9. The van der Waals surface area contributed by atoms with Gasteiger partial charge in [0.1, 0.15) is 0 Å². The number of pyridine rings is 3. The van der Waals surface area contributed by atoms with Gasteiger partial charge in [-0.15, -0.1) is 0 Å². The van der Waals surface area contributed by atoms with Crippen molar-refractivity contribution in [3.63, 3.8) is 0 Å². The van der Waals surface area contributed by atoms with Crippen LogP contribution in [0.25, 0.3) is 0 Å². The lowest BCUT2D eigenvalue weighted by Crippen LogP contribution is -2.44. The molecule has 17 nitrogen and oxygen atoms in total. The molecular weight excluding hydrogens is 941 g/mol. The van der Waals surface area contributed by atoms with Crippen molar-refractivity contribution in [2.75, 3.05) is 115 Å². The fourth-order valence-corrected chi connectivity index (χ4v) is 10.4. The highest BCUT2D eigenvalue weighted by Gasteiger charge is 2.39. The van der Waals surface area contributed by atoms with Crippen LogP contribution in [0.3, 0.4) is 0 Å². The van der Waals surface area contributed by atoms with Gasteiger partial charge in [0.2, 0.25) is 17.7 Å². The molecule has 6 aliphatic rings. The fourth-order valence-electron chi connectivity index (χ4n) is 8.91. The molecule has 67 heavy (non-hydrogen) atoms. The molecule has 0 radical (unpaired) electrons. The van der Waals surface area contributed by atoms with Crippen LogP contribution in [0.15, 0.2) is 36.8 Å². The quantitative estimate of drug-likeness (QED) is 0.246. The Labute approximate surface area is 409 Å². The number of aliphatic hydroxyl groups is 1. The molecule has 3 aromatic rings.